The van der Waals surface area contributed by atoms with Gasteiger partial charge < -0.3 is 20.7 Å². The number of carbonyl (C=O) groups excluding carboxylic acids is 2. The van der Waals surface area contributed by atoms with Crippen molar-refractivity contribution in [3.05, 3.63) is 29.6 Å². The fourth-order valence-electron chi connectivity index (χ4n) is 2.47. The predicted octanol–water partition coefficient (Wildman–Crippen LogP) is 2.31. The first-order valence-corrected chi connectivity index (χ1v) is 9.65. The summed E-state index contributed by atoms with van der Waals surface area (Å²) in [6.07, 6.45) is 3.59. The van der Waals surface area contributed by atoms with E-state index < -0.39 is 0 Å². The summed E-state index contributed by atoms with van der Waals surface area (Å²) in [7, 11) is 0. The number of amides is 2. The molecule has 0 aliphatic carbocycles. The topological polar surface area (TPSA) is 79.5 Å². The Bertz CT molecular complexity index is 561. The van der Waals surface area contributed by atoms with E-state index in [0.717, 1.165) is 31.5 Å². The molecule has 0 aliphatic heterocycles. The van der Waals surface area contributed by atoms with Gasteiger partial charge >= 0.3 is 0 Å². The summed E-state index contributed by atoms with van der Waals surface area (Å²) >= 11 is 0. The molecular weight excluding hydrogens is 349 g/mol. The number of hydrogen-bond donors (Lipinski definition) is 3. The molecule has 152 valence electrons. The number of benzene rings is 1. The summed E-state index contributed by atoms with van der Waals surface area (Å²) < 4.78 is 18.7. The van der Waals surface area contributed by atoms with Gasteiger partial charge in [0, 0.05) is 19.0 Å². The van der Waals surface area contributed by atoms with E-state index in [1.807, 2.05) is 0 Å². The molecule has 2 amide bonds. The molecule has 7 heteroatoms. The molecule has 0 heterocycles. The Balaban J connectivity index is 2.01. The second-order valence-electron chi connectivity index (χ2n) is 6.46. The fraction of sp³-hybridized carbons (Fsp3) is 0.600. The average molecular weight is 381 g/mol. The van der Waals surface area contributed by atoms with Crippen LogP contribution in [0.15, 0.2) is 18.2 Å². The molecule has 0 fully saturated rings. The number of hydrogen-bond acceptors (Lipinski definition) is 4. The molecule has 0 saturated carbocycles. The minimum absolute atomic E-state index is 0.00507. The van der Waals surface area contributed by atoms with Gasteiger partial charge in [0.15, 0.2) is 0 Å². The van der Waals surface area contributed by atoms with Crippen molar-refractivity contribution in [1.29, 1.82) is 0 Å². The second-order valence-corrected chi connectivity index (χ2v) is 6.46. The molecule has 0 atom stereocenters. The summed E-state index contributed by atoms with van der Waals surface area (Å²) in [4.78, 5) is 23.4. The summed E-state index contributed by atoms with van der Waals surface area (Å²) in [5.41, 5.74) is 0.806. The van der Waals surface area contributed by atoms with Gasteiger partial charge in [0.05, 0.1) is 13.2 Å². The van der Waals surface area contributed by atoms with Gasteiger partial charge in [0.25, 0.3) is 0 Å². The Morgan fingerprint density at radius 2 is 1.78 bits per heavy atom. The third-order valence-corrected chi connectivity index (χ3v) is 3.88. The van der Waals surface area contributed by atoms with Crippen molar-refractivity contribution in [1.82, 2.24) is 16.0 Å². The number of nitrogens with one attached hydrogen (secondary N) is 3. The number of rotatable bonds is 14. The lowest BCUT2D eigenvalue weighted by atomic mass is 10.2. The Morgan fingerprint density at radius 3 is 2.52 bits per heavy atom. The van der Waals surface area contributed by atoms with Gasteiger partial charge in [-0.3, -0.25) is 9.59 Å². The maximum Gasteiger partial charge on any atom is 0.239 e. The van der Waals surface area contributed by atoms with E-state index in [9.17, 15) is 14.0 Å². The largest absolute Gasteiger partial charge is 0.493 e. The SMILES string of the molecule is CCNCCCCNC(=O)CNC(=O)CCCCOc1cc(C)cc(F)c1. The number of aryl methyl sites for hydroxylation is 1. The smallest absolute Gasteiger partial charge is 0.239 e. The third-order valence-electron chi connectivity index (χ3n) is 3.88. The lowest BCUT2D eigenvalue weighted by molar-refractivity contribution is -0.126. The molecule has 1 aromatic carbocycles. The molecule has 27 heavy (non-hydrogen) atoms. The maximum absolute atomic E-state index is 13.2. The highest BCUT2D eigenvalue weighted by Gasteiger charge is 2.05. The zero-order valence-corrected chi connectivity index (χ0v) is 16.4. The van der Waals surface area contributed by atoms with Crippen LogP contribution in [0.3, 0.4) is 0 Å². The van der Waals surface area contributed by atoms with Crippen LogP contribution in [-0.4, -0.2) is 44.6 Å². The molecule has 0 spiro atoms. The summed E-state index contributed by atoms with van der Waals surface area (Å²) in [6, 6.07) is 4.56. The average Bonchev–Trinajstić information content (AvgIpc) is 2.62. The van der Waals surface area contributed by atoms with Crippen LogP contribution in [0.4, 0.5) is 4.39 Å². The van der Waals surface area contributed by atoms with Crippen LogP contribution in [0.5, 0.6) is 5.75 Å². The van der Waals surface area contributed by atoms with Crippen LogP contribution in [0.1, 0.15) is 44.6 Å². The lowest BCUT2D eigenvalue weighted by Crippen LogP contribution is -2.37. The highest BCUT2D eigenvalue weighted by Crippen LogP contribution is 2.16. The molecule has 0 aliphatic rings. The van der Waals surface area contributed by atoms with E-state index in [4.69, 9.17) is 4.74 Å². The van der Waals surface area contributed by atoms with Gasteiger partial charge in [0.1, 0.15) is 11.6 Å². The van der Waals surface area contributed by atoms with Crippen molar-refractivity contribution in [3.8, 4) is 5.75 Å². The van der Waals surface area contributed by atoms with E-state index in [-0.39, 0.29) is 24.2 Å². The molecule has 0 unspecified atom stereocenters. The molecule has 0 aromatic heterocycles. The monoisotopic (exact) mass is 381 g/mol. The van der Waals surface area contributed by atoms with Gasteiger partial charge in [-0.1, -0.05) is 6.92 Å². The summed E-state index contributed by atoms with van der Waals surface area (Å²) in [5, 5.41) is 8.62. The highest BCUT2D eigenvalue weighted by atomic mass is 19.1. The van der Waals surface area contributed by atoms with E-state index in [1.54, 1.807) is 13.0 Å². The molecule has 0 radical (unpaired) electrons. The zero-order chi connectivity index (χ0) is 19.9. The maximum atomic E-state index is 13.2. The quantitative estimate of drug-likeness (QED) is 0.432. The molecule has 0 bridgehead atoms. The molecule has 3 N–H and O–H groups in total. The molecule has 1 rings (SSSR count). The van der Waals surface area contributed by atoms with Crippen LogP contribution in [0.2, 0.25) is 0 Å². The Hall–Kier alpha value is -2.15. The van der Waals surface area contributed by atoms with Gasteiger partial charge in [-0.25, -0.2) is 4.39 Å². The standard InChI is InChI=1S/C20H32FN3O3/c1-3-22-9-5-6-10-23-20(26)15-24-19(25)8-4-7-11-27-18-13-16(2)12-17(21)14-18/h12-14,22H,3-11,15H2,1-2H3,(H,23,26)(H,24,25). The van der Waals surface area contributed by atoms with E-state index >= 15 is 0 Å². The summed E-state index contributed by atoms with van der Waals surface area (Å²) in [5.74, 6) is -0.144. The first-order chi connectivity index (χ1) is 13.0. The Kier molecular flexibility index (Phi) is 11.8. The molecular formula is C20H32FN3O3. The van der Waals surface area contributed by atoms with Crippen LogP contribution >= 0.6 is 0 Å². The molecule has 0 saturated heterocycles. The Labute approximate surface area is 161 Å². The predicted molar refractivity (Wildman–Crippen MR) is 104 cm³/mol. The van der Waals surface area contributed by atoms with Crippen molar-refractivity contribution in [2.75, 3.05) is 32.8 Å². The van der Waals surface area contributed by atoms with Crippen molar-refractivity contribution in [2.45, 2.75) is 46.0 Å². The number of unbranched alkanes of at least 4 members (excludes halogenated alkanes) is 2. The minimum Gasteiger partial charge on any atom is -0.493 e. The number of halogens is 1. The third kappa shape index (κ3) is 12.0. The van der Waals surface area contributed by atoms with Crippen molar-refractivity contribution >= 4 is 11.8 Å². The molecule has 1 aromatic rings. The lowest BCUT2D eigenvalue weighted by Gasteiger charge is -2.08. The second kappa shape index (κ2) is 14.0. The first kappa shape index (κ1) is 22.9. The normalized spacial score (nSPS) is 10.5. The van der Waals surface area contributed by atoms with Gasteiger partial charge in [0.2, 0.25) is 11.8 Å². The Morgan fingerprint density at radius 1 is 1.00 bits per heavy atom. The van der Waals surface area contributed by atoms with Crippen LogP contribution in [0, 0.1) is 12.7 Å². The number of ether oxygens (including phenoxy) is 1. The van der Waals surface area contributed by atoms with Gasteiger partial charge in [-0.05, 0) is 63.4 Å². The number of carbonyl (C=O) groups is 2. The highest BCUT2D eigenvalue weighted by molar-refractivity contribution is 5.84. The van der Waals surface area contributed by atoms with E-state index in [0.29, 0.717) is 38.2 Å². The fourth-order valence-corrected chi connectivity index (χ4v) is 2.47. The van der Waals surface area contributed by atoms with Crippen molar-refractivity contribution in [3.63, 3.8) is 0 Å². The van der Waals surface area contributed by atoms with E-state index in [1.165, 1.54) is 12.1 Å². The summed E-state index contributed by atoms with van der Waals surface area (Å²) in [6.45, 7) is 6.81. The van der Waals surface area contributed by atoms with Crippen LogP contribution in [-0.2, 0) is 9.59 Å². The molecule has 6 nitrogen and oxygen atoms in total. The minimum atomic E-state index is -0.319. The zero-order valence-electron chi connectivity index (χ0n) is 16.4. The van der Waals surface area contributed by atoms with Gasteiger partial charge in [-0.2, -0.15) is 0 Å². The van der Waals surface area contributed by atoms with Crippen molar-refractivity contribution in [2.24, 2.45) is 0 Å². The van der Waals surface area contributed by atoms with E-state index in [2.05, 4.69) is 22.9 Å². The van der Waals surface area contributed by atoms with Crippen LogP contribution < -0.4 is 20.7 Å². The van der Waals surface area contributed by atoms with Crippen LogP contribution in [0.25, 0.3) is 0 Å². The first-order valence-electron chi connectivity index (χ1n) is 9.65. The van der Waals surface area contributed by atoms with Gasteiger partial charge in [-0.15, -0.1) is 0 Å². The van der Waals surface area contributed by atoms with Crippen molar-refractivity contribution < 1.29 is 18.7 Å².